The summed E-state index contributed by atoms with van der Waals surface area (Å²) in [5.41, 5.74) is -0.744. The van der Waals surface area contributed by atoms with Crippen molar-refractivity contribution in [3.63, 3.8) is 0 Å². The topological polar surface area (TPSA) is 50.4 Å². The zero-order valence-corrected chi connectivity index (χ0v) is 12.2. The first-order valence-corrected chi connectivity index (χ1v) is 7.16. The zero-order valence-electron chi connectivity index (χ0n) is 12.2. The van der Waals surface area contributed by atoms with Gasteiger partial charge in [0.2, 0.25) is 0 Å². The highest BCUT2D eigenvalue weighted by molar-refractivity contribution is 5.77. The molecule has 1 aliphatic heterocycles. The summed E-state index contributed by atoms with van der Waals surface area (Å²) < 4.78 is 42.5. The van der Waals surface area contributed by atoms with E-state index >= 15 is 0 Å². The summed E-state index contributed by atoms with van der Waals surface area (Å²) in [6.07, 6.45) is -3.38. The van der Waals surface area contributed by atoms with Gasteiger partial charge in [-0.25, -0.2) is 0 Å². The van der Waals surface area contributed by atoms with Gasteiger partial charge < -0.3 is 15.4 Å². The predicted molar refractivity (Wildman–Crippen MR) is 75.5 cm³/mol. The largest absolute Gasteiger partial charge is 0.484 e. The molecular weight excluding hydrogens is 297 g/mol. The second-order valence-electron chi connectivity index (χ2n) is 5.45. The Bertz CT molecular complexity index is 503. The Morgan fingerprint density at radius 3 is 2.64 bits per heavy atom. The molecule has 1 heterocycles. The summed E-state index contributed by atoms with van der Waals surface area (Å²) in [6, 6.07) is 4.33. The van der Waals surface area contributed by atoms with E-state index in [1.165, 1.54) is 12.1 Å². The lowest BCUT2D eigenvalue weighted by Crippen LogP contribution is -2.51. The lowest BCUT2D eigenvalue weighted by molar-refractivity contribution is -0.137. The van der Waals surface area contributed by atoms with E-state index in [2.05, 4.69) is 17.6 Å². The molecule has 0 aliphatic carbocycles. The number of ether oxygens (including phenoxy) is 1. The summed E-state index contributed by atoms with van der Waals surface area (Å²) in [7, 11) is 0. The number of alkyl halides is 3. The first-order valence-electron chi connectivity index (χ1n) is 7.16. The maximum atomic E-state index is 12.4. The van der Waals surface area contributed by atoms with Crippen molar-refractivity contribution in [2.24, 2.45) is 5.92 Å². The van der Waals surface area contributed by atoms with Crippen LogP contribution in [0.5, 0.6) is 5.75 Å². The van der Waals surface area contributed by atoms with Crippen molar-refractivity contribution in [2.75, 3.05) is 19.7 Å². The van der Waals surface area contributed by atoms with Crippen LogP contribution in [0.15, 0.2) is 24.3 Å². The fourth-order valence-corrected chi connectivity index (χ4v) is 2.32. The molecule has 0 bridgehead atoms. The predicted octanol–water partition coefficient (Wildman–Crippen LogP) is 2.20. The highest BCUT2D eigenvalue weighted by atomic mass is 19.4. The summed E-state index contributed by atoms with van der Waals surface area (Å²) in [4.78, 5) is 11.8. The van der Waals surface area contributed by atoms with Gasteiger partial charge in [0.15, 0.2) is 6.61 Å². The van der Waals surface area contributed by atoms with Crippen LogP contribution in [-0.4, -0.2) is 31.6 Å². The first kappa shape index (κ1) is 16.6. The summed E-state index contributed by atoms with van der Waals surface area (Å²) in [6.45, 7) is 3.51. The molecule has 0 radical (unpaired) electrons. The lowest BCUT2D eigenvalue weighted by Gasteiger charge is -2.30. The van der Waals surface area contributed by atoms with Crippen LogP contribution in [0.4, 0.5) is 13.2 Å². The SMILES string of the molecule is CC1CCNCC1NC(=O)COc1ccc(C(F)(F)F)cc1. The van der Waals surface area contributed by atoms with Crippen molar-refractivity contribution in [1.29, 1.82) is 0 Å². The van der Waals surface area contributed by atoms with Crippen LogP contribution in [0, 0.1) is 5.92 Å². The Balaban J connectivity index is 1.81. The van der Waals surface area contributed by atoms with Crippen LogP contribution in [0.2, 0.25) is 0 Å². The smallest absolute Gasteiger partial charge is 0.416 e. The van der Waals surface area contributed by atoms with Gasteiger partial charge in [-0.15, -0.1) is 0 Å². The molecule has 0 saturated carbocycles. The Morgan fingerprint density at radius 1 is 1.36 bits per heavy atom. The van der Waals surface area contributed by atoms with Crippen molar-refractivity contribution in [3.8, 4) is 5.75 Å². The maximum absolute atomic E-state index is 12.4. The molecule has 2 N–H and O–H groups in total. The number of hydrogen-bond donors (Lipinski definition) is 2. The molecule has 1 aromatic carbocycles. The van der Waals surface area contributed by atoms with Crippen molar-refractivity contribution in [2.45, 2.75) is 25.6 Å². The molecule has 2 atom stereocenters. The maximum Gasteiger partial charge on any atom is 0.416 e. The van der Waals surface area contributed by atoms with Gasteiger partial charge in [0.1, 0.15) is 5.75 Å². The highest BCUT2D eigenvalue weighted by Gasteiger charge is 2.30. The molecule has 1 saturated heterocycles. The number of benzene rings is 1. The molecule has 0 aromatic heterocycles. The van der Waals surface area contributed by atoms with Crippen LogP contribution in [0.1, 0.15) is 18.9 Å². The molecule has 122 valence electrons. The van der Waals surface area contributed by atoms with Crippen LogP contribution in [0.3, 0.4) is 0 Å². The number of carbonyl (C=O) groups is 1. The van der Waals surface area contributed by atoms with Gasteiger partial charge in [-0.3, -0.25) is 4.79 Å². The number of hydrogen-bond acceptors (Lipinski definition) is 3. The molecule has 1 aromatic rings. The quantitative estimate of drug-likeness (QED) is 0.895. The molecule has 2 unspecified atom stereocenters. The normalized spacial score (nSPS) is 22.2. The lowest BCUT2D eigenvalue weighted by atomic mass is 9.95. The molecule has 4 nitrogen and oxygen atoms in total. The van der Waals surface area contributed by atoms with E-state index in [1.807, 2.05) is 0 Å². The summed E-state index contributed by atoms with van der Waals surface area (Å²) in [5, 5.41) is 6.07. The fourth-order valence-electron chi connectivity index (χ4n) is 2.32. The van der Waals surface area contributed by atoms with E-state index in [0.717, 1.165) is 25.1 Å². The Kier molecular flexibility index (Phi) is 5.28. The van der Waals surface area contributed by atoms with Gasteiger partial charge >= 0.3 is 6.18 Å². The molecule has 1 fully saturated rings. The minimum atomic E-state index is -4.37. The second kappa shape index (κ2) is 7.00. The van der Waals surface area contributed by atoms with E-state index < -0.39 is 11.7 Å². The summed E-state index contributed by atoms with van der Waals surface area (Å²) >= 11 is 0. The van der Waals surface area contributed by atoms with Gasteiger partial charge in [-0.2, -0.15) is 13.2 Å². The van der Waals surface area contributed by atoms with Crippen molar-refractivity contribution < 1.29 is 22.7 Å². The third kappa shape index (κ3) is 4.62. The van der Waals surface area contributed by atoms with Gasteiger partial charge in [0, 0.05) is 12.6 Å². The monoisotopic (exact) mass is 316 g/mol. The molecule has 1 aliphatic rings. The molecule has 0 spiro atoms. The first-order chi connectivity index (χ1) is 10.4. The van der Waals surface area contributed by atoms with E-state index in [-0.39, 0.29) is 24.3 Å². The van der Waals surface area contributed by atoms with E-state index in [9.17, 15) is 18.0 Å². The number of carbonyl (C=O) groups excluding carboxylic acids is 1. The average molecular weight is 316 g/mol. The van der Waals surface area contributed by atoms with Crippen LogP contribution < -0.4 is 15.4 Å². The molecule has 2 rings (SSSR count). The highest BCUT2D eigenvalue weighted by Crippen LogP contribution is 2.30. The summed E-state index contributed by atoms with van der Waals surface area (Å²) in [5.74, 6) is 0.342. The van der Waals surface area contributed by atoms with Crippen LogP contribution in [-0.2, 0) is 11.0 Å². The second-order valence-corrected chi connectivity index (χ2v) is 5.45. The number of piperidine rings is 1. The van der Waals surface area contributed by atoms with E-state index in [1.54, 1.807) is 0 Å². The fraction of sp³-hybridized carbons (Fsp3) is 0.533. The van der Waals surface area contributed by atoms with Gasteiger partial charge in [-0.05, 0) is 43.1 Å². The van der Waals surface area contributed by atoms with Gasteiger partial charge in [-0.1, -0.05) is 6.92 Å². The van der Waals surface area contributed by atoms with Crippen molar-refractivity contribution in [3.05, 3.63) is 29.8 Å². The number of rotatable bonds is 4. The standard InChI is InChI=1S/C15H19F3N2O2/c1-10-6-7-19-8-13(10)20-14(21)9-22-12-4-2-11(3-5-12)15(16,17)18/h2-5,10,13,19H,6-9H2,1H3,(H,20,21). The number of amides is 1. The van der Waals surface area contributed by atoms with Crippen LogP contribution >= 0.6 is 0 Å². The zero-order chi connectivity index (χ0) is 16.2. The van der Waals surface area contributed by atoms with Crippen LogP contribution in [0.25, 0.3) is 0 Å². The minimum Gasteiger partial charge on any atom is -0.484 e. The number of nitrogens with one attached hydrogen (secondary N) is 2. The average Bonchev–Trinajstić information content (AvgIpc) is 2.47. The van der Waals surface area contributed by atoms with Gasteiger partial charge in [0.25, 0.3) is 5.91 Å². The van der Waals surface area contributed by atoms with Crippen molar-refractivity contribution in [1.82, 2.24) is 10.6 Å². The minimum absolute atomic E-state index is 0.0532. The number of halogens is 3. The van der Waals surface area contributed by atoms with E-state index in [4.69, 9.17) is 4.74 Å². The third-order valence-electron chi connectivity index (χ3n) is 3.73. The molecule has 7 heteroatoms. The molecular formula is C15H19F3N2O2. The van der Waals surface area contributed by atoms with Gasteiger partial charge in [0.05, 0.1) is 5.56 Å². The molecule has 22 heavy (non-hydrogen) atoms. The third-order valence-corrected chi connectivity index (χ3v) is 3.73. The Labute approximate surface area is 127 Å². The van der Waals surface area contributed by atoms with E-state index in [0.29, 0.717) is 12.5 Å². The Hall–Kier alpha value is -1.76. The Morgan fingerprint density at radius 2 is 2.05 bits per heavy atom. The molecule has 1 amide bonds. The van der Waals surface area contributed by atoms with Crippen molar-refractivity contribution >= 4 is 5.91 Å².